The summed E-state index contributed by atoms with van der Waals surface area (Å²) >= 11 is 0. The number of nitrogens with zero attached hydrogens (tertiary/aromatic N) is 2. The third-order valence-corrected chi connectivity index (χ3v) is 1.69. The maximum atomic E-state index is 3.98. The molecule has 2 nitrogen and oxygen atoms in total. The van der Waals surface area contributed by atoms with Gasteiger partial charge in [-0.2, -0.15) is 0 Å². The molecule has 0 amide bonds. The molecule has 0 aliphatic carbocycles. The second-order valence-electron chi connectivity index (χ2n) is 2.73. The van der Waals surface area contributed by atoms with E-state index < -0.39 is 0 Å². The van der Waals surface area contributed by atoms with Gasteiger partial charge in [-0.15, -0.1) is 0 Å². The minimum Gasteiger partial charge on any atom is -0.265 e. The Labute approximate surface area is 82.7 Å². The van der Waals surface area contributed by atoms with Crippen molar-refractivity contribution in [3.63, 3.8) is 0 Å². The summed E-state index contributed by atoms with van der Waals surface area (Å²) in [5.41, 5.74) is 1.88. The van der Waals surface area contributed by atoms with Gasteiger partial charge in [0.05, 0.1) is 0 Å². The first-order valence-electron chi connectivity index (χ1n) is 4.27. The first-order valence-corrected chi connectivity index (χ1v) is 4.27. The smallest absolute Gasteiger partial charge is 0.0432 e. The fraction of sp³-hybridized carbons (Fsp3) is 0. The molecule has 2 heterocycles. The minimum absolute atomic E-state index is 0.921. The zero-order valence-electron chi connectivity index (χ0n) is 7.51. The number of rotatable bonds is 0. The third kappa shape index (κ3) is 2.18. The number of pyridine rings is 2. The Kier molecular flexibility index (Phi) is 2.54. The van der Waals surface area contributed by atoms with Crippen LogP contribution in [-0.2, 0) is 0 Å². The van der Waals surface area contributed by atoms with E-state index in [0.29, 0.717) is 0 Å². The van der Waals surface area contributed by atoms with Crippen LogP contribution in [0.4, 0.5) is 0 Å². The van der Waals surface area contributed by atoms with Crippen molar-refractivity contribution in [1.82, 2.24) is 9.97 Å². The molecular weight excluding hydrogens is 172 g/mol. The third-order valence-electron chi connectivity index (χ3n) is 1.69. The van der Waals surface area contributed by atoms with E-state index in [1.807, 2.05) is 24.3 Å². The van der Waals surface area contributed by atoms with E-state index in [4.69, 9.17) is 0 Å². The summed E-state index contributed by atoms with van der Waals surface area (Å²) in [6.45, 7) is 0. The van der Waals surface area contributed by atoms with E-state index in [9.17, 15) is 0 Å². The lowest BCUT2D eigenvalue weighted by atomic mass is 10.2. The minimum atomic E-state index is 0.921. The fourth-order valence-electron chi connectivity index (χ4n) is 1.02. The summed E-state index contributed by atoms with van der Waals surface area (Å²) in [6.07, 6.45) is 6.94. The van der Waals surface area contributed by atoms with Gasteiger partial charge in [0.2, 0.25) is 0 Å². The lowest BCUT2D eigenvalue weighted by Gasteiger charge is -1.87. The molecule has 66 valence electrons. The molecule has 2 rings (SSSR count). The maximum Gasteiger partial charge on any atom is 0.0432 e. The molecule has 0 saturated heterocycles. The second kappa shape index (κ2) is 4.20. The van der Waals surface area contributed by atoms with Crippen LogP contribution in [-0.4, -0.2) is 9.97 Å². The van der Waals surface area contributed by atoms with Crippen LogP contribution in [0, 0.1) is 11.8 Å². The van der Waals surface area contributed by atoms with Crippen LogP contribution in [0.5, 0.6) is 0 Å². The highest BCUT2D eigenvalue weighted by molar-refractivity contribution is 5.40. The van der Waals surface area contributed by atoms with E-state index in [1.54, 1.807) is 24.8 Å². The topological polar surface area (TPSA) is 25.8 Å². The van der Waals surface area contributed by atoms with Gasteiger partial charge in [-0.25, -0.2) is 0 Å². The van der Waals surface area contributed by atoms with Crippen LogP contribution < -0.4 is 0 Å². The maximum absolute atomic E-state index is 3.98. The molecule has 2 heteroatoms. The first kappa shape index (κ1) is 8.46. The molecule has 0 radical (unpaired) electrons. The van der Waals surface area contributed by atoms with Crippen molar-refractivity contribution in [3.05, 3.63) is 60.2 Å². The molecule has 0 bridgehead atoms. The normalized spacial score (nSPS) is 8.86. The van der Waals surface area contributed by atoms with E-state index in [1.165, 1.54) is 0 Å². The zero-order valence-corrected chi connectivity index (χ0v) is 7.51. The largest absolute Gasteiger partial charge is 0.265 e. The van der Waals surface area contributed by atoms with E-state index in [-0.39, 0.29) is 0 Å². The van der Waals surface area contributed by atoms with Crippen molar-refractivity contribution in [3.8, 4) is 11.8 Å². The molecule has 0 aromatic carbocycles. The first-order chi connectivity index (χ1) is 6.95. The van der Waals surface area contributed by atoms with Gasteiger partial charge < -0.3 is 0 Å². The highest BCUT2D eigenvalue weighted by Crippen LogP contribution is 1.95. The van der Waals surface area contributed by atoms with Crippen molar-refractivity contribution >= 4 is 0 Å². The summed E-state index contributed by atoms with van der Waals surface area (Å²) in [4.78, 5) is 7.90. The average molecular weight is 180 g/mol. The van der Waals surface area contributed by atoms with E-state index in [2.05, 4.69) is 21.8 Å². The van der Waals surface area contributed by atoms with Gasteiger partial charge in [-0.3, -0.25) is 9.97 Å². The van der Waals surface area contributed by atoms with Crippen LogP contribution in [0.25, 0.3) is 0 Å². The Morgan fingerprint density at radius 1 is 0.786 bits per heavy atom. The van der Waals surface area contributed by atoms with Gasteiger partial charge in [0.25, 0.3) is 0 Å². The van der Waals surface area contributed by atoms with Crippen LogP contribution >= 0.6 is 0 Å². The summed E-state index contributed by atoms with van der Waals surface area (Å²) in [5.74, 6) is 6.05. The summed E-state index contributed by atoms with van der Waals surface area (Å²) < 4.78 is 0. The van der Waals surface area contributed by atoms with Crippen molar-refractivity contribution < 1.29 is 0 Å². The lowest BCUT2D eigenvalue weighted by Crippen LogP contribution is -1.77. The Morgan fingerprint density at radius 3 is 2.29 bits per heavy atom. The Hall–Kier alpha value is -2.14. The van der Waals surface area contributed by atoms with Crippen LogP contribution in [0.1, 0.15) is 11.1 Å². The van der Waals surface area contributed by atoms with Gasteiger partial charge in [0.15, 0.2) is 0 Å². The monoisotopic (exact) mass is 180 g/mol. The fourth-order valence-corrected chi connectivity index (χ4v) is 1.02. The van der Waals surface area contributed by atoms with Crippen LogP contribution in [0.2, 0.25) is 0 Å². The van der Waals surface area contributed by atoms with Gasteiger partial charge in [0.1, 0.15) is 0 Å². The SMILES string of the molecule is C(#Cc1cccnc1)c1ccncc1. The average Bonchev–Trinajstić information content (AvgIpc) is 2.29. The number of hydrogen-bond acceptors (Lipinski definition) is 2. The van der Waals surface area contributed by atoms with E-state index in [0.717, 1.165) is 11.1 Å². The molecule has 0 fully saturated rings. The molecule has 0 unspecified atom stereocenters. The molecule has 14 heavy (non-hydrogen) atoms. The predicted molar refractivity (Wildman–Crippen MR) is 54.5 cm³/mol. The zero-order chi connectivity index (χ0) is 9.64. The Balaban J connectivity index is 2.24. The molecule has 0 atom stereocenters. The molecule has 0 N–H and O–H groups in total. The quantitative estimate of drug-likeness (QED) is 0.578. The molecule has 2 aromatic heterocycles. The Bertz CT molecular complexity index is 408. The number of hydrogen-bond donors (Lipinski definition) is 0. The van der Waals surface area contributed by atoms with Crippen molar-refractivity contribution in [2.45, 2.75) is 0 Å². The van der Waals surface area contributed by atoms with Crippen LogP contribution in [0.15, 0.2) is 49.1 Å². The van der Waals surface area contributed by atoms with Gasteiger partial charge in [-0.05, 0) is 24.3 Å². The lowest BCUT2D eigenvalue weighted by molar-refractivity contribution is 1.31. The van der Waals surface area contributed by atoms with Gasteiger partial charge in [0, 0.05) is 35.9 Å². The molecule has 0 saturated carbocycles. The molecule has 2 aromatic rings. The van der Waals surface area contributed by atoms with Crippen molar-refractivity contribution in [2.75, 3.05) is 0 Å². The molecule has 0 aliphatic heterocycles. The standard InChI is InChI=1S/C12H8N2/c1-2-12(10-14-7-1)4-3-11-5-8-13-9-6-11/h1-2,5-10H. The van der Waals surface area contributed by atoms with Gasteiger partial charge in [-0.1, -0.05) is 11.8 Å². The molecule has 0 spiro atoms. The summed E-state index contributed by atoms with van der Waals surface area (Å²) in [6, 6.07) is 7.56. The van der Waals surface area contributed by atoms with E-state index >= 15 is 0 Å². The predicted octanol–water partition coefficient (Wildman–Crippen LogP) is 1.88. The molecular formula is C12H8N2. The summed E-state index contributed by atoms with van der Waals surface area (Å²) in [7, 11) is 0. The van der Waals surface area contributed by atoms with Crippen molar-refractivity contribution in [2.24, 2.45) is 0 Å². The summed E-state index contributed by atoms with van der Waals surface area (Å²) in [5, 5.41) is 0. The Morgan fingerprint density at radius 2 is 1.57 bits per heavy atom. The van der Waals surface area contributed by atoms with Gasteiger partial charge >= 0.3 is 0 Å². The second-order valence-corrected chi connectivity index (χ2v) is 2.73. The van der Waals surface area contributed by atoms with Crippen molar-refractivity contribution in [1.29, 1.82) is 0 Å². The highest BCUT2D eigenvalue weighted by Gasteiger charge is 1.84. The highest BCUT2D eigenvalue weighted by atomic mass is 14.6. The van der Waals surface area contributed by atoms with Crippen LogP contribution in [0.3, 0.4) is 0 Å². The molecule has 0 aliphatic rings. The number of aromatic nitrogens is 2.